The van der Waals surface area contributed by atoms with Crippen LogP contribution in [-0.4, -0.2) is 40.9 Å². The highest BCUT2D eigenvalue weighted by Gasteiger charge is 2.57. The maximum atomic E-state index is 14.1. The molecule has 0 aromatic heterocycles. The molecule has 0 spiro atoms. The molecule has 4 rings (SSSR count). The molecule has 1 fully saturated rings. The number of ether oxygens (including phenoxy) is 1. The number of nitrogens with one attached hydrogen (secondary N) is 1. The Bertz CT molecular complexity index is 1220. The highest BCUT2D eigenvalue weighted by molar-refractivity contribution is 9.10. The molecule has 2 amide bonds. The van der Waals surface area contributed by atoms with E-state index in [2.05, 4.69) is 28.2 Å². The monoisotopic (exact) mass is 594 g/mol. The standard InChI is InChI=1S/C31H35BrN2O3S/c1-3-4-20-38-31(30(36)33-19-18-23-14-16-25(37-2)17-15-23)21-28(35)34(22-24-10-6-5-7-11-24)29(31)26-12-8-9-13-27(26)32/h5-17,29H,3-4,18-22H2,1-2H3,(H,33,36). The van der Waals surface area contributed by atoms with Gasteiger partial charge in [0.05, 0.1) is 19.6 Å². The predicted molar refractivity (Wildman–Crippen MR) is 158 cm³/mol. The second-order valence-corrected chi connectivity index (χ2v) is 11.8. The summed E-state index contributed by atoms with van der Waals surface area (Å²) in [7, 11) is 1.65. The Hall–Kier alpha value is -2.77. The molecule has 0 radical (unpaired) electrons. The van der Waals surface area contributed by atoms with Crippen molar-refractivity contribution in [3.8, 4) is 5.75 Å². The van der Waals surface area contributed by atoms with Gasteiger partial charge in [-0.1, -0.05) is 89.9 Å². The van der Waals surface area contributed by atoms with Gasteiger partial charge >= 0.3 is 0 Å². The Balaban J connectivity index is 1.65. The minimum atomic E-state index is -0.926. The number of carbonyl (C=O) groups is 2. The van der Waals surface area contributed by atoms with Crippen molar-refractivity contribution in [1.29, 1.82) is 0 Å². The minimum Gasteiger partial charge on any atom is -0.497 e. The van der Waals surface area contributed by atoms with Crippen LogP contribution in [-0.2, 0) is 22.6 Å². The number of hydrogen-bond acceptors (Lipinski definition) is 4. The fourth-order valence-electron chi connectivity index (χ4n) is 4.95. The van der Waals surface area contributed by atoms with Crippen molar-refractivity contribution in [2.45, 2.75) is 49.9 Å². The van der Waals surface area contributed by atoms with E-state index in [0.29, 0.717) is 19.5 Å². The average Bonchev–Trinajstić information content (AvgIpc) is 3.21. The fourth-order valence-corrected chi connectivity index (χ4v) is 7.09. The molecule has 0 bridgehead atoms. The number of amides is 2. The van der Waals surface area contributed by atoms with Crippen molar-refractivity contribution in [2.24, 2.45) is 0 Å². The zero-order chi connectivity index (χ0) is 27.0. The lowest BCUT2D eigenvalue weighted by Crippen LogP contribution is -2.49. The van der Waals surface area contributed by atoms with E-state index in [1.807, 2.05) is 83.8 Å². The summed E-state index contributed by atoms with van der Waals surface area (Å²) in [5.74, 6) is 1.56. The van der Waals surface area contributed by atoms with E-state index in [9.17, 15) is 9.59 Å². The highest BCUT2D eigenvalue weighted by atomic mass is 79.9. The first-order valence-electron chi connectivity index (χ1n) is 13.1. The van der Waals surface area contributed by atoms with Crippen LogP contribution in [0.25, 0.3) is 0 Å². The molecule has 2 atom stereocenters. The lowest BCUT2D eigenvalue weighted by molar-refractivity contribution is -0.129. The zero-order valence-corrected chi connectivity index (χ0v) is 24.4. The number of thioether (sulfide) groups is 1. The van der Waals surface area contributed by atoms with Gasteiger partial charge in [-0.25, -0.2) is 0 Å². The summed E-state index contributed by atoms with van der Waals surface area (Å²) in [5, 5.41) is 3.21. The third-order valence-corrected chi connectivity index (χ3v) is 9.27. The quantitative estimate of drug-likeness (QED) is 0.241. The smallest absolute Gasteiger partial charge is 0.239 e. The number of nitrogens with zero attached hydrogens (tertiary/aromatic N) is 1. The first-order valence-corrected chi connectivity index (χ1v) is 14.9. The lowest BCUT2D eigenvalue weighted by Gasteiger charge is -2.37. The van der Waals surface area contributed by atoms with Crippen LogP contribution in [0, 0.1) is 0 Å². The van der Waals surface area contributed by atoms with Gasteiger partial charge in [-0.05, 0) is 53.5 Å². The van der Waals surface area contributed by atoms with Gasteiger partial charge < -0.3 is 15.0 Å². The van der Waals surface area contributed by atoms with Gasteiger partial charge in [0, 0.05) is 17.6 Å². The minimum absolute atomic E-state index is 0.00362. The number of hydrogen-bond donors (Lipinski definition) is 1. The van der Waals surface area contributed by atoms with Crippen molar-refractivity contribution < 1.29 is 14.3 Å². The number of carbonyl (C=O) groups excluding carboxylic acids is 2. The molecule has 1 saturated heterocycles. The number of benzene rings is 3. The van der Waals surface area contributed by atoms with Crippen molar-refractivity contribution >= 4 is 39.5 Å². The Kier molecular flexibility index (Phi) is 9.91. The second kappa shape index (κ2) is 13.3. The molecule has 1 aliphatic rings. The maximum Gasteiger partial charge on any atom is 0.239 e. The van der Waals surface area contributed by atoms with Gasteiger partial charge in [-0.15, -0.1) is 11.8 Å². The Labute approximate surface area is 238 Å². The van der Waals surface area contributed by atoms with Crippen LogP contribution in [0.2, 0.25) is 0 Å². The number of methoxy groups -OCH3 is 1. The van der Waals surface area contributed by atoms with Crippen LogP contribution in [0.15, 0.2) is 83.3 Å². The summed E-state index contributed by atoms with van der Waals surface area (Å²) in [6, 6.07) is 25.5. The molecule has 200 valence electrons. The third kappa shape index (κ3) is 6.44. The molecule has 38 heavy (non-hydrogen) atoms. The number of halogens is 1. The summed E-state index contributed by atoms with van der Waals surface area (Å²) in [5.41, 5.74) is 3.13. The van der Waals surface area contributed by atoms with Crippen molar-refractivity contribution in [3.63, 3.8) is 0 Å². The molecule has 0 saturated carbocycles. The Morgan fingerprint density at radius 2 is 1.76 bits per heavy atom. The molecule has 3 aromatic rings. The van der Waals surface area contributed by atoms with Crippen LogP contribution < -0.4 is 10.1 Å². The van der Waals surface area contributed by atoms with E-state index < -0.39 is 10.8 Å². The van der Waals surface area contributed by atoms with Gasteiger partial charge in [-0.3, -0.25) is 9.59 Å². The molecule has 1 N–H and O–H groups in total. The largest absolute Gasteiger partial charge is 0.497 e. The Morgan fingerprint density at radius 3 is 2.45 bits per heavy atom. The average molecular weight is 596 g/mol. The van der Waals surface area contributed by atoms with Gasteiger partial charge in [-0.2, -0.15) is 0 Å². The van der Waals surface area contributed by atoms with Crippen molar-refractivity contribution in [3.05, 3.63) is 100 Å². The summed E-state index contributed by atoms with van der Waals surface area (Å²) in [6.45, 7) is 3.10. The van der Waals surface area contributed by atoms with Crippen LogP contribution in [0.5, 0.6) is 5.75 Å². The van der Waals surface area contributed by atoms with E-state index in [0.717, 1.165) is 45.5 Å². The summed E-state index contributed by atoms with van der Waals surface area (Å²) < 4.78 is 5.23. The summed E-state index contributed by atoms with van der Waals surface area (Å²) >= 11 is 5.36. The molecule has 3 aromatic carbocycles. The van der Waals surface area contributed by atoms with Gasteiger partial charge in [0.25, 0.3) is 0 Å². The predicted octanol–water partition coefficient (Wildman–Crippen LogP) is 6.56. The Morgan fingerprint density at radius 1 is 1.05 bits per heavy atom. The van der Waals surface area contributed by atoms with Crippen LogP contribution in [0.1, 0.15) is 48.9 Å². The lowest BCUT2D eigenvalue weighted by atomic mass is 9.91. The number of likely N-dealkylation sites (tertiary alicyclic amines) is 1. The van der Waals surface area contributed by atoms with Crippen LogP contribution in [0.4, 0.5) is 0 Å². The van der Waals surface area contributed by atoms with E-state index in [4.69, 9.17) is 4.74 Å². The number of unbranched alkanes of at least 4 members (excludes halogenated alkanes) is 1. The van der Waals surface area contributed by atoms with Crippen molar-refractivity contribution in [2.75, 3.05) is 19.4 Å². The molecule has 1 heterocycles. The topological polar surface area (TPSA) is 58.6 Å². The molecule has 1 aliphatic heterocycles. The third-order valence-electron chi connectivity index (χ3n) is 6.98. The summed E-state index contributed by atoms with van der Waals surface area (Å²) in [6.07, 6.45) is 2.89. The van der Waals surface area contributed by atoms with Gasteiger partial charge in [0.15, 0.2) is 0 Å². The molecule has 2 unspecified atom stereocenters. The van der Waals surface area contributed by atoms with Crippen molar-refractivity contribution in [1.82, 2.24) is 10.2 Å². The normalized spacial score (nSPS) is 19.0. The fraction of sp³-hybridized carbons (Fsp3) is 0.355. The molecular formula is C31H35BrN2O3S. The first-order chi connectivity index (χ1) is 18.5. The van der Waals surface area contributed by atoms with E-state index in [1.165, 1.54) is 0 Å². The van der Waals surface area contributed by atoms with Gasteiger partial charge in [0.1, 0.15) is 10.5 Å². The summed E-state index contributed by atoms with van der Waals surface area (Å²) in [4.78, 5) is 29.7. The van der Waals surface area contributed by atoms with Crippen LogP contribution in [0.3, 0.4) is 0 Å². The van der Waals surface area contributed by atoms with Crippen LogP contribution >= 0.6 is 27.7 Å². The molecule has 5 nitrogen and oxygen atoms in total. The first kappa shape index (κ1) is 28.2. The molecule has 0 aliphatic carbocycles. The van der Waals surface area contributed by atoms with Gasteiger partial charge in [0.2, 0.25) is 11.8 Å². The zero-order valence-electron chi connectivity index (χ0n) is 22.0. The maximum absolute atomic E-state index is 14.1. The number of rotatable bonds is 12. The van der Waals surface area contributed by atoms with E-state index in [1.54, 1.807) is 18.9 Å². The highest BCUT2D eigenvalue weighted by Crippen LogP contribution is 2.52. The second-order valence-electron chi connectivity index (χ2n) is 9.55. The van der Waals surface area contributed by atoms with E-state index >= 15 is 0 Å². The molecule has 7 heteroatoms. The SMILES string of the molecule is CCCCSC1(C(=O)NCCc2ccc(OC)cc2)CC(=O)N(Cc2ccccc2)C1c1ccccc1Br. The molecular weight excluding hydrogens is 560 g/mol. The van der Waals surface area contributed by atoms with E-state index in [-0.39, 0.29) is 18.2 Å².